The van der Waals surface area contributed by atoms with E-state index in [1.807, 2.05) is 26.0 Å². The fraction of sp³-hybridized carbons (Fsp3) is 0.520. The smallest absolute Gasteiger partial charge is 0.336 e. The Balaban J connectivity index is 2.18. The normalized spacial score (nSPS) is 20.2. The highest BCUT2D eigenvalue weighted by molar-refractivity contribution is 6.04. The zero-order valence-corrected chi connectivity index (χ0v) is 19.4. The molecule has 1 heterocycles. The molecule has 6 heteroatoms. The van der Waals surface area contributed by atoms with Gasteiger partial charge < -0.3 is 19.5 Å². The largest absolute Gasteiger partial charge is 0.497 e. The van der Waals surface area contributed by atoms with Gasteiger partial charge in [0, 0.05) is 29.0 Å². The van der Waals surface area contributed by atoms with E-state index in [2.05, 4.69) is 19.2 Å². The second-order valence-electron chi connectivity index (χ2n) is 9.03. The lowest BCUT2D eigenvalue weighted by Crippen LogP contribution is -2.38. The number of ketones is 1. The van der Waals surface area contributed by atoms with Gasteiger partial charge in [0.2, 0.25) is 0 Å². The molecule has 1 aliphatic heterocycles. The lowest BCUT2D eigenvalue weighted by Gasteiger charge is -2.39. The summed E-state index contributed by atoms with van der Waals surface area (Å²) in [7, 11) is 3.18. The SMILES string of the molecule is CCCCOC(=O)C1=C(C)NC2=C(C(=O)CC(C)(C)C2)[C@H]1c1cc(OC)ccc1OC. The predicted molar refractivity (Wildman–Crippen MR) is 119 cm³/mol. The van der Waals surface area contributed by atoms with Gasteiger partial charge >= 0.3 is 5.97 Å². The highest BCUT2D eigenvalue weighted by Gasteiger charge is 2.44. The summed E-state index contributed by atoms with van der Waals surface area (Å²) in [4.78, 5) is 26.6. The van der Waals surface area contributed by atoms with Crippen molar-refractivity contribution in [1.82, 2.24) is 5.32 Å². The fourth-order valence-corrected chi connectivity index (χ4v) is 4.47. The Morgan fingerprint density at radius 2 is 1.94 bits per heavy atom. The molecule has 0 unspecified atom stereocenters. The molecule has 1 aromatic carbocycles. The van der Waals surface area contributed by atoms with Gasteiger partial charge in [-0.1, -0.05) is 27.2 Å². The number of carbonyl (C=O) groups is 2. The molecule has 0 spiro atoms. The predicted octanol–water partition coefficient (Wildman–Crippen LogP) is 4.65. The number of rotatable bonds is 7. The maximum absolute atomic E-state index is 13.4. The van der Waals surface area contributed by atoms with Gasteiger partial charge in [-0.2, -0.15) is 0 Å². The number of ether oxygens (including phenoxy) is 3. The molecule has 0 bridgehead atoms. The molecular weight excluding hydrogens is 394 g/mol. The number of esters is 1. The summed E-state index contributed by atoms with van der Waals surface area (Å²) in [6.45, 7) is 8.44. The van der Waals surface area contributed by atoms with E-state index in [1.165, 1.54) is 0 Å². The Hall–Kier alpha value is -2.76. The van der Waals surface area contributed by atoms with E-state index in [0.29, 0.717) is 41.4 Å². The quantitative estimate of drug-likeness (QED) is 0.504. The number of unbranched alkanes of at least 4 members (excludes halogenated alkanes) is 1. The van der Waals surface area contributed by atoms with Crippen LogP contribution in [0.2, 0.25) is 0 Å². The van der Waals surface area contributed by atoms with E-state index in [-0.39, 0.29) is 11.2 Å². The molecule has 0 aromatic heterocycles. The molecular formula is C25H33NO5. The first kappa shape index (κ1) is 22.9. The number of methoxy groups -OCH3 is 2. The minimum atomic E-state index is -0.570. The third kappa shape index (κ3) is 4.63. The van der Waals surface area contributed by atoms with Crippen molar-refractivity contribution < 1.29 is 23.8 Å². The Bertz CT molecular complexity index is 941. The van der Waals surface area contributed by atoms with Crippen LogP contribution >= 0.6 is 0 Å². The average molecular weight is 428 g/mol. The van der Waals surface area contributed by atoms with E-state index in [0.717, 1.165) is 30.5 Å². The van der Waals surface area contributed by atoms with Gasteiger partial charge in [-0.25, -0.2) is 4.79 Å². The van der Waals surface area contributed by atoms with Gasteiger partial charge in [0.25, 0.3) is 0 Å². The second-order valence-corrected chi connectivity index (χ2v) is 9.03. The Kier molecular flexibility index (Phi) is 6.77. The summed E-state index contributed by atoms with van der Waals surface area (Å²) in [5, 5.41) is 3.36. The molecule has 1 atom stereocenters. The van der Waals surface area contributed by atoms with Crippen LogP contribution in [0.25, 0.3) is 0 Å². The number of carbonyl (C=O) groups excluding carboxylic acids is 2. The number of dihydropyridines is 1. The number of Topliss-reactive ketones (excluding diaryl/α,β-unsaturated/α-hetero) is 1. The maximum atomic E-state index is 13.4. The molecule has 1 aromatic rings. The highest BCUT2D eigenvalue weighted by Crippen LogP contribution is 2.49. The molecule has 0 radical (unpaired) electrons. The average Bonchev–Trinajstić information content (AvgIpc) is 2.71. The van der Waals surface area contributed by atoms with Gasteiger partial charge in [0.05, 0.1) is 32.3 Å². The van der Waals surface area contributed by atoms with E-state index in [1.54, 1.807) is 20.3 Å². The van der Waals surface area contributed by atoms with E-state index in [4.69, 9.17) is 14.2 Å². The van der Waals surface area contributed by atoms with E-state index < -0.39 is 11.9 Å². The van der Waals surface area contributed by atoms with Crippen LogP contribution in [-0.4, -0.2) is 32.6 Å². The van der Waals surface area contributed by atoms with Crippen LogP contribution < -0.4 is 14.8 Å². The number of allylic oxidation sites excluding steroid dienone is 3. The molecule has 0 saturated carbocycles. The van der Waals surface area contributed by atoms with Gasteiger partial charge in [-0.15, -0.1) is 0 Å². The summed E-state index contributed by atoms with van der Waals surface area (Å²) < 4.78 is 16.7. The van der Waals surface area contributed by atoms with Crippen molar-refractivity contribution in [3.05, 3.63) is 46.3 Å². The molecule has 2 aliphatic rings. The standard InChI is InChI=1S/C25H33NO5/c1-7-8-11-31-24(28)21-15(2)26-18-13-25(3,4)14-19(27)23(18)22(21)17-12-16(29-5)9-10-20(17)30-6/h9-10,12,22,26H,7-8,11,13-14H2,1-6H3/t22-/m0/s1. The number of benzene rings is 1. The zero-order chi connectivity index (χ0) is 22.8. The number of hydrogen-bond donors (Lipinski definition) is 1. The third-order valence-electron chi connectivity index (χ3n) is 5.94. The van der Waals surface area contributed by atoms with Crippen LogP contribution in [0, 0.1) is 5.41 Å². The Labute approximate surface area is 184 Å². The van der Waals surface area contributed by atoms with Crippen LogP contribution in [0.4, 0.5) is 0 Å². The first-order valence-electron chi connectivity index (χ1n) is 10.9. The first-order chi connectivity index (χ1) is 14.7. The molecule has 168 valence electrons. The zero-order valence-electron chi connectivity index (χ0n) is 19.4. The highest BCUT2D eigenvalue weighted by atomic mass is 16.5. The lowest BCUT2D eigenvalue weighted by atomic mass is 9.68. The molecule has 0 amide bonds. The fourth-order valence-electron chi connectivity index (χ4n) is 4.47. The van der Waals surface area contributed by atoms with E-state index >= 15 is 0 Å². The van der Waals surface area contributed by atoms with Crippen LogP contribution in [0.5, 0.6) is 11.5 Å². The summed E-state index contributed by atoms with van der Waals surface area (Å²) in [5.41, 5.74) is 3.24. The van der Waals surface area contributed by atoms with Crippen molar-refractivity contribution in [3.63, 3.8) is 0 Å². The van der Waals surface area contributed by atoms with Crippen LogP contribution in [0.3, 0.4) is 0 Å². The van der Waals surface area contributed by atoms with Crippen LogP contribution in [0.1, 0.15) is 64.9 Å². The van der Waals surface area contributed by atoms with Gasteiger partial charge in [0.1, 0.15) is 11.5 Å². The first-order valence-corrected chi connectivity index (χ1v) is 10.9. The Morgan fingerprint density at radius 1 is 1.19 bits per heavy atom. The molecule has 3 rings (SSSR count). The summed E-state index contributed by atoms with van der Waals surface area (Å²) in [5.74, 6) is 0.303. The van der Waals surface area contributed by atoms with Gasteiger partial charge in [-0.3, -0.25) is 4.79 Å². The van der Waals surface area contributed by atoms with E-state index in [9.17, 15) is 9.59 Å². The van der Waals surface area contributed by atoms with Crippen molar-refractivity contribution in [3.8, 4) is 11.5 Å². The van der Waals surface area contributed by atoms with Crippen molar-refractivity contribution in [2.45, 2.75) is 59.3 Å². The van der Waals surface area contributed by atoms with Crippen molar-refractivity contribution in [2.24, 2.45) is 5.41 Å². The van der Waals surface area contributed by atoms with Crippen LogP contribution in [0.15, 0.2) is 40.7 Å². The summed E-state index contributed by atoms with van der Waals surface area (Å²) >= 11 is 0. The maximum Gasteiger partial charge on any atom is 0.336 e. The van der Waals surface area contributed by atoms with Gasteiger partial charge in [-0.05, 0) is 43.4 Å². The minimum Gasteiger partial charge on any atom is -0.497 e. The molecule has 6 nitrogen and oxygen atoms in total. The third-order valence-corrected chi connectivity index (χ3v) is 5.94. The summed E-state index contributed by atoms with van der Waals surface area (Å²) in [6.07, 6.45) is 2.87. The molecule has 1 aliphatic carbocycles. The molecule has 0 saturated heterocycles. The van der Waals surface area contributed by atoms with Crippen molar-refractivity contribution in [2.75, 3.05) is 20.8 Å². The van der Waals surface area contributed by atoms with Gasteiger partial charge in [0.15, 0.2) is 5.78 Å². The molecule has 0 fully saturated rings. The van der Waals surface area contributed by atoms with Crippen molar-refractivity contribution in [1.29, 1.82) is 0 Å². The minimum absolute atomic E-state index is 0.0416. The molecule has 1 N–H and O–H groups in total. The lowest BCUT2D eigenvalue weighted by molar-refractivity contribution is -0.139. The second kappa shape index (κ2) is 9.16. The molecule has 31 heavy (non-hydrogen) atoms. The number of hydrogen-bond acceptors (Lipinski definition) is 6. The van der Waals surface area contributed by atoms with Crippen LogP contribution in [-0.2, 0) is 14.3 Å². The number of nitrogens with one attached hydrogen (secondary N) is 1. The van der Waals surface area contributed by atoms with Crippen molar-refractivity contribution >= 4 is 11.8 Å². The topological polar surface area (TPSA) is 73.9 Å². The monoisotopic (exact) mass is 427 g/mol. The Morgan fingerprint density at radius 3 is 2.58 bits per heavy atom. The summed E-state index contributed by atoms with van der Waals surface area (Å²) in [6, 6.07) is 5.46.